The van der Waals surface area contributed by atoms with Gasteiger partial charge in [-0.25, -0.2) is 0 Å². The number of rotatable bonds is 7. The van der Waals surface area contributed by atoms with Gasteiger partial charge in [0.1, 0.15) is 0 Å². The van der Waals surface area contributed by atoms with Crippen LogP contribution in [0, 0.1) is 5.92 Å². The van der Waals surface area contributed by atoms with Gasteiger partial charge >= 0.3 is 5.97 Å². The molecule has 1 aromatic rings. The molecule has 0 radical (unpaired) electrons. The van der Waals surface area contributed by atoms with Crippen molar-refractivity contribution in [3.63, 3.8) is 0 Å². The van der Waals surface area contributed by atoms with Gasteiger partial charge in [0.05, 0.1) is 13.0 Å². The monoisotopic (exact) mass is 249 g/mol. The lowest BCUT2D eigenvalue weighted by Gasteiger charge is -2.12. The summed E-state index contributed by atoms with van der Waals surface area (Å²) in [6, 6.07) is 7.73. The van der Waals surface area contributed by atoms with Crippen molar-refractivity contribution in [3.8, 4) is 0 Å². The molecule has 18 heavy (non-hydrogen) atoms. The van der Waals surface area contributed by atoms with Crippen molar-refractivity contribution in [1.29, 1.82) is 0 Å². The van der Waals surface area contributed by atoms with E-state index in [9.17, 15) is 4.79 Å². The van der Waals surface area contributed by atoms with E-state index in [1.807, 2.05) is 24.3 Å². The molecule has 1 atom stereocenters. The molecule has 0 fully saturated rings. The summed E-state index contributed by atoms with van der Waals surface area (Å²) >= 11 is 0. The normalized spacial score (nSPS) is 12.2. The third-order valence-corrected chi connectivity index (χ3v) is 2.98. The van der Waals surface area contributed by atoms with Crippen molar-refractivity contribution in [3.05, 3.63) is 35.4 Å². The Morgan fingerprint density at radius 3 is 2.61 bits per heavy atom. The zero-order chi connectivity index (χ0) is 13.4. The predicted octanol–water partition coefficient (Wildman–Crippen LogP) is 2.67. The lowest BCUT2D eigenvalue weighted by molar-refractivity contribution is -0.144. The Hall–Kier alpha value is -1.35. The number of carbonyl (C=O) groups is 1. The molecular formula is C15H23NO2. The molecule has 0 aromatic heterocycles. The lowest BCUT2D eigenvalue weighted by Crippen LogP contribution is -2.15. The second kappa shape index (κ2) is 7.88. The molecule has 0 bridgehead atoms. The van der Waals surface area contributed by atoms with Gasteiger partial charge in [-0.15, -0.1) is 0 Å². The molecule has 2 N–H and O–H groups in total. The van der Waals surface area contributed by atoms with Gasteiger partial charge in [0.2, 0.25) is 0 Å². The first-order valence-electron chi connectivity index (χ1n) is 6.59. The molecule has 0 saturated heterocycles. The molecule has 0 aliphatic rings. The van der Waals surface area contributed by atoms with Crippen LogP contribution in [0.1, 0.15) is 37.8 Å². The van der Waals surface area contributed by atoms with E-state index in [0.29, 0.717) is 25.5 Å². The van der Waals surface area contributed by atoms with Crippen molar-refractivity contribution in [2.45, 2.75) is 39.7 Å². The number of esters is 1. The Balaban J connectivity index is 2.44. The zero-order valence-electron chi connectivity index (χ0n) is 11.3. The first-order chi connectivity index (χ1) is 8.67. The lowest BCUT2D eigenvalue weighted by atomic mass is 10.0. The minimum Gasteiger partial charge on any atom is -0.465 e. The molecule has 1 unspecified atom stereocenters. The zero-order valence-corrected chi connectivity index (χ0v) is 11.3. The highest BCUT2D eigenvalue weighted by molar-refractivity contribution is 5.73. The van der Waals surface area contributed by atoms with Crippen LogP contribution in [-0.4, -0.2) is 12.6 Å². The van der Waals surface area contributed by atoms with Gasteiger partial charge in [-0.1, -0.05) is 44.5 Å². The summed E-state index contributed by atoms with van der Waals surface area (Å²) in [5.41, 5.74) is 7.61. The summed E-state index contributed by atoms with van der Waals surface area (Å²) in [6.07, 6.45) is 2.52. The average Bonchev–Trinajstić information content (AvgIpc) is 2.37. The van der Waals surface area contributed by atoms with Crippen LogP contribution in [0.5, 0.6) is 0 Å². The van der Waals surface area contributed by atoms with E-state index >= 15 is 0 Å². The number of benzene rings is 1. The Kier molecular flexibility index (Phi) is 6.44. The molecule has 0 heterocycles. The number of hydrogen-bond donors (Lipinski definition) is 1. The van der Waals surface area contributed by atoms with Gasteiger partial charge in [0.15, 0.2) is 0 Å². The maximum absolute atomic E-state index is 11.7. The number of nitrogens with two attached hydrogens (primary N) is 1. The molecule has 0 saturated carbocycles. The number of hydrogen-bond acceptors (Lipinski definition) is 3. The average molecular weight is 249 g/mol. The standard InChI is InChI=1S/C15H23NO2/c1-3-6-12(2)11-18-15(17)9-13-7-4-5-8-14(13)10-16/h4-5,7-8,12H,3,6,9-11,16H2,1-2H3. The third kappa shape index (κ3) is 4.88. The minimum absolute atomic E-state index is 0.168. The van der Waals surface area contributed by atoms with Crippen molar-refractivity contribution < 1.29 is 9.53 Å². The molecule has 0 spiro atoms. The van der Waals surface area contributed by atoms with Gasteiger partial charge < -0.3 is 10.5 Å². The maximum Gasteiger partial charge on any atom is 0.310 e. The van der Waals surface area contributed by atoms with E-state index in [2.05, 4.69) is 13.8 Å². The smallest absolute Gasteiger partial charge is 0.310 e. The summed E-state index contributed by atoms with van der Waals surface area (Å²) in [7, 11) is 0. The van der Waals surface area contributed by atoms with Gasteiger partial charge in [0.25, 0.3) is 0 Å². The van der Waals surface area contributed by atoms with Crippen LogP contribution in [0.3, 0.4) is 0 Å². The fourth-order valence-corrected chi connectivity index (χ4v) is 1.95. The van der Waals surface area contributed by atoms with Crippen molar-refractivity contribution in [2.75, 3.05) is 6.61 Å². The van der Waals surface area contributed by atoms with E-state index in [0.717, 1.165) is 24.0 Å². The first-order valence-corrected chi connectivity index (χ1v) is 6.59. The molecular weight excluding hydrogens is 226 g/mol. The minimum atomic E-state index is -0.168. The van der Waals surface area contributed by atoms with Crippen LogP contribution in [-0.2, 0) is 22.5 Å². The van der Waals surface area contributed by atoms with Crippen LogP contribution < -0.4 is 5.73 Å². The topological polar surface area (TPSA) is 52.3 Å². The van der Waals surface area contributed by atoms with Crippen molar-refractivity contribution in [2.24, 2.45) is 11.7 Å². The summed E-state index contributed by atoms with van der Waals surface area (Å²) in [6.45, 7) is 5.20. The van der Waals surface area contributed by atoms with E-state index in [4.69, 9.17) is 10.5 Å². The van der Waals surface area contributed by atoms with Crippen molar-refractivity contribution >= 4 is 5.97 Å². The molecule has 3 nitrogen and oxygen atoms in total. The van der Waals surface area contributed by atoms with E-state index in [1.165, 1.54) is 0 Å². The largest absolute Gasteiger partial charge is 0.465 e. The summed E-state index contributed by atoms with van der Waals surface area (Å²) in [5.74, 6) is 0.266. The fraction of sp³-hybridized carbons (Fsp3) is 0.533. The van der Waals surface area contributed by atoms with Crippen LogP contribution in [0.25, 0.3) is 0 Å². The maximum atomic E-state index is 11.7. The second-order valence-corrected chi connectivity index (χ2v) is 4.73. The summed E-state index contributed by atoms with van der Waals surface area (Å²) in [5, 5.41) is 0. The molecule has 0 amide bonds. The third-order valence-electron chi connectivity index (χ3n) is 2.98. The quantitative estimate of drug-likeness (QED) is 0.756. The van der Waals surface area contributed by atoms with Crippen LogP contribution >= 0.6 is 0 Å². The summed E-state index contributed by atoms with van der Waals surface area (Å²) in [4.78, 5) is 11.7. The molecule has 0 aliphatic heterocycles. The van der Waals surface area contributed by atoms with E-state index < -0.39 is 0 Å². The second-order valence-electron chi connectivity index (χ2n) is 4.73. The molecule has 3 heteroatoms. The predicted molar refractivity (Wildman–Crippen MR) is 73.1 cm³/mol. The molecule has 1 rings (SSSR count). The van der Waals surface area contributed by atoms with Gasteiger partial charge in [-0.2, -0.15) is 0 Å². The Bertz CT molecular complexity index is 377. The number of carbonyl (C=O) groups excluding carboxylic acids is 1. The van der Waals surface area contributed by atoms with Gasteiger partial charge in [0, 0.05) is 6.54 Å². The molecule has 1 aromatic carbocycles. The Morgan fingerprint density at radius 2 is 2.00 bits per heavy atom. The van der Waals surface area contributed by atoms with E-state index in [1.54, 1.807) is 0 Å². The van der Waals surface area contributed by atoms with E-state index in [-0.39, 0.29) is 5.97 Å². The highest BCUT2D eigenvalue weighted by atomic mass is 16.5. The molecule has 0 aliphatic carbocycles. The summed E-state index contributed by atoms with van der Waals surface area (Å²) < 4.78 is 5.28. The Morgan fingerprint density at radius 1 is 1.33 bits per heavy atom. The van der Waals surface area contributed by atoms with Crippen LogP contribution in [0.15, 0.2) is 24.3 Å². The van der Waals surface area contributed by atoms with Crippen LogP contribution in [0.4, 0.5) is 0 Å². The Labute approximate surface area is 109 Å². The highest BCUT2D eigenvalue weighted by Gasteiger charge is 2.10. The van der Waals surface area contributed by atoms with Gasteiger partial charge in [-0.05, 0) is 23.5 Å². The fourth-order valence-electron chi connectivity index (χ4n) is 1.95. The van der Waals surface area contributed by atoms with Crippen LogP contribution in [0.2, 0.25) is 0 Å². The van der Waals surface area contributed by atoms with Gasteiger partial charge in [-0.3, -0.25) is 4.79 Å². The number of ether oxygens (including phenoxy) is 1. The highest BCUT2D eigenvalue weighted by Crippen LogP contribution is 2.10. The molecule has 100 valence electrons. The SMILES string of the molecule is CCCC(C)COC(=O)Cc1ccccc1CN. The van der Waals surface area contributed by atoms with Crippen molar-refractivity contribution in [1.82, 2.24) is 0 Å². The first kappa shape index (κ1) is 14.7.